The zero-order valence-corrected chi connectivity index (χ0v) is 8.30. The summed E-state index contributed by atoms with van der Waals surface area (Å²) in [5.74, 6) is -1.07. The molecule has 2 rings (SSSR count). The molecule has 0 saturated heterocycles. The van der Waals surface area contributed by atoms with Crippen molar-refractivity contribution in [2.75, 3.05) is 5.73 Å². The Morgan fingerprint density at radius 2 is 2.13 bits per heavy atom. The number of hydrogen-bond donors (Lipinski definition) is 1. The highest BCUT2D eigenvalue weighted by molar-refractivity contribution is 5.79. The van der Waals surface area contributed by atoms with Gasteiger partial charge in [-0.25, -0.2) is 13.8 Å². The molecular formula is C10H11F2N3. The van der Waals surface area contributed by atoms with Gasteiger partial charge in [0.25, 0.3) is 0 Å². The predicted molar refractivity (Wildman–Crippen MR) is 54.4 cm³/mol. The Morgan fingerprint density at radius 1 is 1.40 bits per heavy atom. The maximum Gasteiger partial charge on any atom is 0.201 e. The Bertz CT molecular complexity index is 505. The van der Waals surface area contributed by atoms with Gasteiger partial charge in [0.05, 0.1) is 5.52 Å². The van der Waals surface area contributed by atoms with Gasteiger partial charge in [-0.05, 0) is 6.42 Å². The lowest BCUT2D eigenvalue weighted by Crippen LogP contribution is -2.02. The number of fused-ring (bicyclic) bond motifs is 1. The quantitative estimate of drug-likeness (QED) is 0.828. The van der Waals surface area contributed by atoms with Crippen molar-refractivity contribution >= 4 is 17.0 Å². The molecule has 2 N–H and O–H groups in total. The summed E-state index contributed by atoms with van der Waals surface area (Å²) >= 11 is 0. The smallest absolute Gasteiger partial charge is 0.201 e. The summed E-state index contributed by atoms with van der Waals surface area (Å²) in [7, 11) is 0. The van der Waals surface area contributed by atoms with Crippen LogP contribution in [0.25, 0.3) is 11.0 Å². The zero-order valence-electron chi connectivity index (χ0n) is 8.30. The van der Waals surface area contributed by atoms with E-state index >= 15 is 0 Å². The van der Waals surface area contributed by atoms with Gasteiger partial charge in [0.2, 0.25) is 5.95 Å². The predicted octanol–water partition coefficient (Wildman–Crippen LogP) is 2.31. The second-order valence-electron chi connectivity index (χ2n) is 3.38. The van der Waals surface area contributed by atoms with Crippen molar-refractivity contribution in [1.29, 1.82) is 0 Å². The number of imidazole rings is 1. The number of nitrogen functional groups attached to an aromatic ring is 1. The molecule has 80 valence electrons. The molecule has 0 unspecified atom stereocenters. The molecule has 0 aliphatic rings. The highest BCUT2D eigenvalue weighted by atomic mass is 19.1. The molecule has 0 bridgehead atoms. The van der Waals surface area contributed by atoms with Crippen LogP contribution in [0, 0.1) is 11.6 Å². The van der Waals surface area contributed by atoms with Crippen molar-refractivity contribution in [3.8, 4) is 0 Å². The molecule has 15 heavy (non-hydrogen) atoms. The minimum absolute atomic E-state index is 0.127. The molecule has 1 heterocycles. The summed E-state index contributed by atoms with van der Waals surface area (Å²) in [6.45, 7) is 2.56. The van der Waals surface area contributed by atoms with Crippen LogP contribution in [0.5, 0.6) is 0 Å². The van der Waals surface area contributed by atoms with Crippen molar-refractivity contribution in [2.45, 2.75) is 19.9 Å². The SMILES string of the molecule is CCCn1c(N)nc2c(F)cc(F)cc21. The fourth-order valence-corrected chi connectivity index (χ4v) is 1.63. The molecule has 2 aromatic rings. The van der Waals surface area contributed by atoms with Crippen LogP contribution >= 0.6 is 0 Å². The van der Waals surface area contributed by atoms with Crippen LogP contribution in [-0.2, 0) is 6.54 Å². The van der Waals surface area contributed by atoms with E-state index < -0.39 is 11.6 Å². The van der Waals surface area contributed by atoms with Gasteiger partial charge in [0, 0.05) is 18.7 Å². The average Bonchev–Trinajstić information content (AvgIpc) is 2.46. The Kier molecular flexibility index (Phi) is 2.30. The molecule has 1 aromatic carbocycles. The van der Waals surface area contributed by atoms with Gasteiger partial charge in [-0.2, -0.15) is 0 Å². The van der Waals surface area contributed by atoms with Gasteiger partial charge < -0.3 is 10.3 Å². The number of aromatic nitrogens is 2. The lowest BCUT2D eigenvalue weighted by Gasteiger charge is -2.03. The van der Waals surface area contributed by atoms with Gasteiger partial charge >= 0.3 is 0 Å². The van der Waals surface area contributed by atoms with Crippen molar-refractivity contribution in [2.24, 2.45) is 0 Å². The van der Waals surface area contributed by atoms with Crippen LogP contribution in [0.3, 0.4) is 0 Å². The highest BCUT2D eigenvalue weighted by Gasteiger charge is 2.12. The van der Waals surface area contributed by atoms with Gasteiger partial charge in [-0.3, -0.25) is 0 Å². The first-order chi connectivity index (χ1) is 7.13. The fourth-order valence-electron chi connectivity index (χ4n) is 1.63. The lowest BCUT2D eigenvalue weighted by molar-refractivity contribution is 0.589. The van der Waals surface area contributed by atoms with E-state index in [0.717, 1.165) is 12.5 Å². The van der Waals surface area contributed by atoms with Crippen LogP contribution in [0.15, 0.2) is 12.1 Å². The van der Waals surface area contributed by atoms with E-state index in [4.69, 9.17) is 5.73 Å². The normalized spacial score (nSPS) is 11.1. The molecule has 0 atom stereocenters. The number of hydrogen-bond acceptors (Lipinski definition) is 2. The second-order valence-corrected chi connectivity index (χ2v) is 3.38. The third-order valence-electron chi connectivity index (χ3n) is 2.25. The van der Waals surface area contributed by atoms with Crippen LogP contribution in [0.1, 0.15) is 13.3 Å². The van der Waals surface area contributed by atoms with Crippen LogP contribution in [-0.4, -0.2) is 9.55 Å². The molecule has 0 amide bonds. The maximum absolute atomic E-state index is 13.3. The van der Waals surface area contributed by atoms with E-state index in [-0.39, 0.29) is 11.5 Å². The van der Waals surface area contributed by atoms with Crippen molar-refractivity contribution < 1.29 is 8.78 Å². The van der Waals surface area contributed by atoms with Crippen LogP contribution in [0.4, 0.5) is 14.7 Å². The van der Waals surface area contributed by atoms with Crippen LogP contribution < -0.4 is 5.73 Å². The van der Waals surface area contributed by atoms with Gasteiger partial charge in [0.1, 0.15) is 11.3 Å². The Labute approximate surface area is 85.5 Å². The minimum atomic E-state index is -0.674. The van der Waals surface area contributed by atoms with E-state index in [0.29, 0.717) is 12.1 Å². The van der Waals surface area contributed by atoms with Crippen molar-refractivity contribution in [1.82, 2.24) is 9.55 Å². The van der Waals surface area contributed by atoms with E-state index in [1.807, 2.05) is 6.92 Å². The van der Waals surface area contributed by atoms with Gasteiger partial charge in [-0.15, -0.1) is 0 Å². The number of nitrogens with two attached hydrogens (primary N) is 1. The highest BCUT2D eigenvalue weighted by Crippen LogP contribution is 2.22. The fraction of sp³-hybridized carbons (Fsp3) is 0.300. The van der Waals surface area contributed by atoms with E-state index in [2.05, 4.69) is 4.98 Å². The minimum Gasteiger partial charge on any atom is -0.369 e. The summed E-state index contributed by atoms with van der Waals surface area (Å²) < 4.78 is 27.9. The van der Waals surface area contributed by atoms with Gasteiger partial charge in [-0.1, -0.05) is 6.92 Å². The zero-order chi connectivity index (χ0) is 11.0. The molecule has 0 spiro atoms. The number of benzene rings is 1. The standard InChI is InChI=1S/C10H11F2N3/c1-2-3-15-8-5-6(11)4-7(12)9(8)14-10(15)13/h4-5H,2-3H2,1H3,(H2,13,14). The number of halogens is 2. The molecule has 1 aromatic heterocycles. The Hall–Kier alpha value is -1.65. The summed E-state index contributed by atoms with van der Waals surface area (Å²) in [6.07, 6.45) is 0.827. The first kappa shape index (κ1) is 9.89. The number of rotatable bonds is 2. The molecule has 0 saturated carbocycles. The monoisotopic (exact) mass is 211 g/mol. The number of nitrogens with zero attached hydrogens (tertiary/aromatic N) is 2. The summed E-state index contributed by atoms with van der Waals surface area (Å²) in [6, 6.07) is 2.06. The summed E-state index contributed by atoms with van der Waals surface area (Å²) in [5, 5.41) is 0. The molecule has 0 radical (unpaired) electrons. The molecule has 5 heteroatoms. The summed E-state index contributed by atoms with van der Waals surface area (Å²) in [5.41, 5.74) is 6.16. The Morgan fingerprint density at radius 3 is 2.80 bits per heavy atom. The van der Waals surface area contributed by atoms with Crippen molar-refractivity contribution in [3.63, 3.8) is 0 Å². The maximum atomic E-state index is 13.3. The van der Waals surface area contributed by atoms with Gasteiger partial charge in [0.15, 0.2) is 5.82 Å². The first-order valence-electron chi connectivity index (χ1n) is 4.74. The lowest BCUT2D eigenvalue weighted by atomic mass is 10.3. The molecule has 3 nitrogen and oxygen atoms in total. The third kappa shape index (κ3) is 1.54. The van der Waals surface area contributed by atoms with E-state index in [1.165, 1.54) is 6.07 Å². The number of aryl methyl sites for hydroxylation is 1. The first-order valence-corrected chi connectivity index (χ1v) is 4.74. The van der Waals surface area contributed by atoms with E-state index in [9.17, 15) is 8.78 Å². The second kappa shape index (κ2) is 3.49. The summed E-state index contributed by atoms with van der Waals surface area (Å²) in [4.78, 5) is 3.87. The average molecular weight is 211 g/mol. The molecule has 0 aliphatic carbocycles. The van der Waals surface area contributed by atoms with E-state index in [1.54, 1.807) is 4.57 Å². The third-order valence-corrected chi connectivity index (χ3v) is 2.25. The molecule has 0 aliphatic heterocycles. The largest absolute Gasteiger partial charge is 0.369 e. The Balaban J connectivity index is 2.74. The molecular weight excluding hydrogens is 200 g/mol. The van der Waals surface area contributed by atoms with Crippen molar-refractivity contribution in [3.05, 3.63) is 23.8 Å². The number of anilines is 1. The topological polar surface area (TPSA) is 43.8 Å². The van der Waals surface area contributed by atoms with Crippen LogP contribution in [0.2, 0.25) is 0 Å². The molecule has 0 fully saturated rings.